The topological polar surface area (TPSA) is 142 Å². The van der Waals surface area contributed by atoms with E-state index in [1.54, 1.807) is 24.3 Å². The molecule has 0 radical (unpaired) electrons. The fourth-order valence-electron chi connectivity index (χ4n) is 2.48. The van der Waals surface area contributed by atoms with Gasteiger partial charge < -0.3 is 5.32 Å². The van der Waals surface area contributed by atoms with Gasteiger partial charge in [-0.05, 0) is 17.5 Å². The van der Waals surface area contributed by atoms with Crippen molar-refractivity contribution in [1.29, 1.82) is 0 Å². The summed E-state index contributed by atoms with van der Waals surface area (Å²) in [5.41, 5.74) is 1.00. The first-order chi connectivity index (χ1) is 12.5. The van der Waals surface area contributed by atoms with Crippen LogP contribution in [0, 0.1) is 0 Å². The average molecular weight is 418 g/mol. The summed E-state index contributed by atoms with van der Waals surface area (Å²) in [6.45, 7) is 2.00. The lowest BCUT2D eigenvalue weighted by molar-refractivity contribution is -0.123. The van der Waals surface area contributed by atoms with Gasteiger partial charge in [0.1, 0.15) is 6.04 Å². The molecule has 2 rings (SSSR count). The molecular weight excluding hydrogens is 396 g/mol. The van der Waals surface area contributed by atoms with Crippen molar-refractivity contribution in [3.63, 3.8) is 0 Å². The quantitative estimate of drug-likeness (QED) is 0.493. The lowest BCUT2D eigenvalue weighted by Gasteiger charge is -2.18. The van der Waals surface area contributed by atoms with E-state index in [4.69, 9.17) is 0 Å². The predicted molar refractivity (Wildman–Crippen MR) is 97.9 cm³/mol. The van der Waals surface area contributed by atoms with Crippen LogP contribution in [-0.2, 0) is 36.4 Å². The summed E-state index contributed by atoms with van der Waals surface area (Å²) in [6.07, 6.45) is 1.66. The zero-order valence-electron chi connectivity index (χ0n) is 14.9. The highest BCUT2D eigenvalue weighted by molar-refractivity contribution is 7.88. The number of carbonyl (C=O) groups is 2. The zero-order chi connectivity index (χ0) is 20.2. The Hall–Kier alpha value is -2.02. The van der Waals surface area contributed by atoms with E-state index in [0.717, 1.165) is 10.6 Å². The maximum atomic E-state index is 12.3. The Morgan fingerprint density at radius 2 is 1.93 bits per heavy atom. The highest BCUT2D eigenvalue weighted by Gasteiger charge is 2.33. The number of hydrogen-bond acceptors (Lipinski definition) is 6. The number of rotatable bonds is 8. The smallest absolute Gasteiger partial charge is 0.304 e. The van der Waals surface area contributed by atoms with Crippen LogP contribution in [0.4, 0.5) is 0 Å². The summed E-state index contributed by atoms with van der Waals surface area (Å²) in [4.78, 5) is 23.5. The van der Waals surface area contributed by atoms with E-state index in [1.165, 1.54) is 0 Å². The standard InChI is InChI=1S/C15H22N4O6S2/c1-3-8-16-15(21)14(18-26(2,22)23)12-6-4-11(5-7-12)9-19-10-13(20)17-27(19,24)25/h4-7,14,18H,3,8-10H2,1-2H3,(H,16,21)(H,17,20). The van der Waals surface area contributed by atoms with Gasteiger partial charge in [0.05, 0.1) is 12.8 Å². The van der Waals surface area contributed by atoms with E-state index in [2.05, 4.69) is 10.0 Å². The van der Waals surface area contributed by atoms with Crippen LogP contribution < -0.4 is 14.8 Å². The Morgan fingerprint density at radius 1 is 1.30 bits per heavy atom. The first-order valence-corrected chi connectivity index (χ1v) is 11.5. The molecule has 1 aromatic rings. The van der Waals surface area contributed by atoms with Gasteiger partial charge in [-0.15, -0.1) is 0 Å². The summed E-state index contributed by atoms with van der Waals surface area (Å²) < 4.78 is 51.9. The summed E-state index contributed by atoms with van der Waals surface area (Å²) in [7, 11) is -7.47. The molecule has 1 atom stereocenters. The number of benzene rings is 1. The van der Waals surface area contributed by atoms with Crippen LogP contribution in [0.25, 0.3) is 0 Å². The highest BCUT2D eigenvalue weighted by Crippen LogP contribution is 2.18. The number of carbonyl (C=O) groups excluding carboxylic acids is 2. The molecule has 27 heavy (non-hydrogen) atoms. The van der Waals surface area contributed by atoms with Gasteiger partial charge in [0.25, 0.3) is 0 Å². The van der Waals surface area contributed by atoms with Gasteiger partial charge in [0.15, 0.2) is 0 Å². The van der Waals surface area contributed by atoms with Crippen molar-refractivity contribution < 1.29 is 26.4 Å². The average Bonchev–Trinajstić information content (AvgIpc) is 2.82. The van der Waals surface area contributed by atoms with Crippen molar-refractivity contribution in [2.75, 3.05) is 19.3 Å². The molecule has 1 aliphatic heterocycles. The van der Waals surface area contributed by atoms with Gasteiger partial charge in [0.2, 0.25) is 21.8 Å². The van der Waals surface area contributed by atoms with E-state index in [0.29, 0.717) is 24.1 Å². The number of hydrogen-bond donors (Lipinski definition) is 3. The van der Waals surface area contributed by atoms with Crippen LogP contribution in [0.5, 0.6) is 0 Å². The molecule has 1 heterocycles. The van der Waals surface area contributed by atoms with Crippen LogP contribution in [0.1, 0.15) is 30.5 Å². The fourth-order valence-corrected chi connectivity index (χ4v) is 4.24. The Morgan fingerprint density at radius 3 is 2.41 bits per heavy atom. The van der Waals surface area contributed by atoms with Gasteiger partial charge in [-0.1, -0.05) is 31.2 Å². The molecular formula is C15H22N4O6S2. The molecule has 0 bridgehead atoms. The van der Waals surface area contributed by atoms with E-state index in [9.17, 15) is 26.4 Å². The number of amides is 2. The summed E-state index contributed by atoms with van der Waals surface area (Å²) in [5.74, 6) is -1.08. The fraction of sp³-hybridized carbons (Fsp3) is 0.467. The van der Waals surface area contributed by atoms with E-state index in [1.807, 2.05) is 11.6 Å². The molecule has 1 aromatic carbocycles. The van der Waals surface area contributed by atoms with Crippen LogP contribution in [-0.4, -0.2) is 52.3 Å². The van der Waals surface area contributed by atoms with Gasteiger partial charge >= 0.3 is 10.2 Å². The minimum Gasteiger partial charge on any atom is -0.354 e. The van der Waals surface area contributed by atoms with Crippen LogP contribution in [0.3, 0.4) is 0 Å². The molecule has 1 fully saturated rings. The third kappa shape index (κ3) is 5.99. The molecule has 0 saturated carbocycles. The largest absolute Gasteiger partial charge is 0.354 e. The molecule has 1 unspecified atom stereocenters. The summed E-state index contributed by atoms with van der Waals surface area (Å²) in [5, 5.41) is 2.64. The monoisotopic (exact) mass is 418 g/mol. The van der Waals surface area contributed by atoms with Crippen LogP contribution in [0.15, 0.2) is 24.3 Å². The molecule has 1 aliphatic rings. The van der Waals surface area contributed by atoms with Crippen molar-refractivity contribution in [1.82, 2.24) is 19.1 Å². The second-order valence-electron chi connectivity index (χ2n) is 6.15. The Labute approximate surface area is 158 Å². The van der Waals surface area contributed by atoms with E-state index in [-0.39, 0.29) is 13.1 Å². The second kappa shape index (κ2) is 8.33. The molecule has 150 valence electrons. The first kappa shape index (κ1) is 21.3. The SMILES string of the molecule is CCCNC(=O)C(NS(C)(=O)=O)c1ccc(CN2CC(=O)NS2(=O)=O)cc1. The molecule has 12 heteroatoms. The third-order valence-electron chi connectivity index (χ3n) is 3.72. The van der Waals surface area contributed by atoms with Crippen molar-refractivity contribution in [3.05, 3.63) is 35.4 Å². The minimum absolute atomic E-state index is 0.0203. The maximum absolute atomic E-state index is 12.3. The third-order valence-corrected chi connectivity index (χ3v) is 5.81. The maximum Gasteiger partial charge on any atom is 0.304 e. The molecule has 0 aromatic heterocycles. The Bertz CT molecular complexity index is 912. The van der Waals surface area contributed by atoms with Gasteiger partial charge in [-0.3, -0.25) is 9.59 Å². The normalized spacial score (nSPS) is 18.1. The van der Waals surface area contributed by atoms with Crippen LogP contribution >= 0.6 is 0 Å². The molecule has 3 N–H and O–H groups in total. The molecule has 0 spiro atoms. The second-order valence-corrected chi connectivity index (χ2v) is 9.60. The molecule has 2 amide bonds. The predicted octanol–water partition coefficient (Wildman–Crippen LogP) is -1.02. The number of sulfonamides is 1. The molecule has 10 nitrogen and oxygen atoms in total. The van der Waals surface area contributed by atoms with Crippen molar-refractivity contribution in [3.8, 4) is 0 Å². The summed E-state index contributed by atoms with van der Waals surface area (Å²) >= 11 is 0. The van der Waals surface area contributed by atoms with Crippen LogP contribution in [0.2, 0.25) is 0 Å². The summed E-state index contributed by atoms with van der Waals surface area (Å²) in [6, 6.07) is 5.15. The lowest BCUT2D eigenvalue weighted by atomic mass is 10.0. The molecule has 0 aliphatic carbocycles. The van der Waals surface area contributed by atoms with Gasteiger partial charge in [-0.2, -0.15) is 17.4 Å². The van der Waals surface area contributed by atoms with E-state index < -0.39 is 38.1 Å². The highest BCUT2D eigenvalue weighted by atomic mass is 32.2. The van der Waals surface area contributed by atoms with Crippen molar-refractivity contribution >= 4 is 32.0 Å². The van der Waals surface area contributed by atoms with Gasteiger partial charge in [-0.25, -0.2) is 13.1 Å². The minimum atomic E-state index is -3.83. The van der Waals surface area contributed by atoms with Crippen molar-refractivity contribution in [2.24, 2.45) is 0 Å². The van der Waals surface area contributed by atoms with Crippen molar-refractivity contribution in [2.45, 2.75) is 25.9 Å². The Kier molecular flexibility index (Phi) is 6.57. The Balaban J connectivity index is 2.18. The zero-order valence-corrected chi connectivity index (χ0v) is 16.6. The number of nitrogens with zero attached hydrogens (tertiary/aromatic N) is 1. The molecule has 1 saturated heterocycles. The number of nitrogens with one attached hydrogen (secondary N) is 3. The first-order valence-electron chi connectivity index (χ1n) is 8.16. The lowest BCUT2D eigenvalue weighted by Crippen LogP contribution is -2.40. The van der Waals surface area contributed by atoms with E-state index >= 15 is 0 Å². The van der Waals surface area contributed by atoms with Gasteiger partial charge in [0, 0.05) is 13.1 Å².